The number of anilines is 2. The van der Waals surface area contributed by atoms with Gasteiger partial charge >= 0.3 is 0 Å². The van der Waals surface area contributed by atoms with Crippen LogP contribution < -0.4 is 20.5 Å². The Morgan fingerprint density at radius 3 is 2.18 bits per heavy atom. The van der Waals surface area contributed by atoms with Crippen LogP contribution in [0.3, 0.4) is 0 Å². The maximum Gasteiger partial charge on any atom is 0.263 e. The zero-order valence-electron chi connectivity index (χ0n) is 13.2. The molecule has 0 aromatic heterocycles. The van der Waals surface area contributed by atoms with Gasteiger partial charge in [-0.05, 0) is 43.2 Å². The number of nitrogen functional groups attached to an aromatic ring is 1. The van der Waals surface area contributed by atoms with Gasteiger partial charge in [-0.25, -0.2) is 0 Å². The molecule has 116 valence electrons. The first kappa shape index (κ1) is 15.7. The number of hydrogen-bond acceptors (Lipinski definition) is 4. The molecule has 0 aliphatic carbocycles. The van der Waals surface area contributed by atoms with Gasteiger partial charge < -0.3 is 20.5 Å². The number of amides is 1. The third kappa shape index (κ3) is 2.83. The summed E-state index contributed by atoms with van der Waals surface area (Å²) in [6.07, 6.45) is 0. The summed E-state index contributed by atoms with van der Waals surface area (Å²) in [5.41, 5.74) is 9.38. The third-order valence-electron chi connectivity index (χ3n) is 3.61. The molecule has 0 spiro atoms. The summed E-state index contributed by atoms with van der Waals surface area (Å²) < 4.78 is 10.5. The number of methoxy groups -OCH3 is 2. The number of nitrogens with two attached hydrogens (primary N) is 1. The molecule has 0 aliphatic rings. The summed E-state index contributed by atoms with van der Waals surface area (Å²) in [5, 5.41) is 2.91. The second kappa shape index (κ2) is 6.39. The molecule has 2 aromatic rings. The van der Waals surface area contributed by atoms with E-state index in [0.717, 1.165) is 11.1 Å². The fourth-order valence-corrected chi connectivity index (χ4v) is 2.31. The lowest BCUT2D eigenvalue weighted by Crippen LogP contribution is -2.16. The zero-order chi connectivity index (χ0) is 16.3. The van der Waals surface area contributed by atoms with Gasteiger partial charge in [0.05, 0.1) is 14.2 Å². The molecule has 0 saturated heterocycles. The minimum atomic E-state index is -0.300. The lowest BCUT2D eigenvalue weighted by molar-refractivity contribution is 0.102. The van der Waals surface area contributed by atoms with Crippen LogP contribution in [-0.4, -0.2) is 20.1 Å². The van der Waals surface area contributed by atoms with Gasteiger partial charge in [-0.2, -0.15) is 0 Å². The van der Waals surface area contributed by atoms with Crippen molar-refractivity contribution in [3.63, 3.8) is 0 Å². The Morgan fingerprint density at radius 1 is 1.05 bits per heavy atom. The van der Waals surface area contributed by atoms with Crippen molar-refractivity contribution in [3.8, 4) is 11.5 Å². The van der Waals surface area contributed by atoms with E-state index in [-0.39, 0.29) is 5.91 Å². The first-order valence-corrected chi connectivity index (χ1v) is 6.87. The summed E-state index contributed by atoms with van der Waals surface area (Å²) in [5.74, 6) is 0.609. The summed E-state index contributed by atoms with van der Waals surface area (Å²) in [6, 6.07) is 8.90. The lowest BCUT2D eigenvalue weighted by Gasteiger charge is -2.16. The van der Waals surface area contributed by atoms with Crippen molar-refractivity contribution >= 4 is 17.3 Å². The number of carbonyl (C=O) groups excluding carboxylic acids is 1. The van der Waals surface area contributed by atoms with E-state index in [0.29, 0.717) is 28.4 Å². The molecule has 2 rings (SSSR count). The number of ether oxygens (including phenoxy) is 2. The van der Waals surface area contributed by atoms with Gasteiger partial charge in [-0.3, -0.25) is 4.79 Å². The van der Waals surface area contributed by atoms with E-state index < -0.39 is 0 Å². The molecule has 0 radical (unpaired) electrons. The van der Waals surface area contributed by atoms with Gasteiger partial charge in [0.15, 0.2) is 0 Å². The molecule has 0 atom stereocenters. The Hall–Kier alpha value is -2.69. The Bertz CT molecular complexity index is 689. The topological polar surface area (TPSA) is 73.6 Å². The number of benzene rings is 2. The van der Waals surface area contributed by atoms with Gasteiger partial charge in [-0.1, -0.05) is 12.1 Å². The highest BCUT2D eigenvalue weighted by Crippen LogP contribution is 2.31. The Labute approximate surface area is 130 Å². The van der Waals surface area contributed by atoms with Crippen LogP contribution in [0.4, 0.5) is 11.4 Å². The van der Waals surface area contributed by atoms with Crippen LogP contribution in [0.15, 0.2) is 30.3 Å². The number of aryl methyl sites for hydroxylation is 1. The van der Waals surface area contributed by atoms with E-state index in [1.54, 1.807) is 18.2 Å². The average Bonchev–Trinajstić information content (AvgIpc) is 2.54. The molecule has 0 aliphatic heterocycles. The SMILES string of the molecule is COc1cccc(OC)c1C(=O)Nc1c(C)ccc(N)c1C. The van der Waals surface area contributed by atoms with Crippen LogP contribution >= 0.6 is 0 Å². The average molecular weight is 300 g/mol. The van der Waals surface area contributed by atoms with Crippen LogP contribution in [0.25, 0.3) is 0 Å². The fourth-order valence-electron chi connectivity index (χ4n) is 2.31. The van der Waals surface area contributed by atoms with Crippen molar-refractivity contribution in [1.82, 2.24) is 0 Å². The van der Waals surface area contributed by atoms with E-state index in [1.807, 2.05) is 26.0 Å². The second-order valence-electron chi connectivity index (χ2n) is 4.96. The predicted molar refractivity (Wildman–Crippen MR) is 87.8 cm³/mol. The molecule has 2 aromatic carbocycles. The van der Waals surface area contributed by atoms with Gasteiger partial charge in [-0.15, -0.1) is 0 Å². The van der Waals surface area contributed by atoms with Crippen LogP contribution in [0.5, 0.6) is 11.5 Å². The molecule has 3 N–H and O–H groups in total. The highest BCUT2D eigenvalue weighted by molar-refractivity contribution is 6.09. The van der Waals surface area contributed by atoms with Crippen LogP contribution in [0.2, 0.25) is 0 Å². The molecule has 0 saturated carbocycles. The maximum absolute atomic E-state index is 12.7. The Morgan fingerprint density at radius 2 is 1.64 bits per heavy atom. The van der Waals surface area contributed by atoms with Gasteiger partial charge in [0, 0.05) is 11.4 Å². The van der Waals surface area contributed by atoms with Crippen molar-refractivity contribution in [2.24, 2.45) is 0 Å². The molecular weight excluding hydrogens is 280 g/mol. The predicted octanol–water partition coefficient (Wildman–Crippen LogP) is 3.16. The van der Waals surface area contributed by atoms with Crippen LogP contribution in [-0.2, 0) is 0 Å². The second-order valence-corrected chi connectivity index (χ2v) is 4.96. The van der Waals surface area contributed by atoms with Crippen molar-refractivity contribution in [1.29, 1.82) is 0 Å². The first-order valence-electron chi connectivity index (χ1n) is 6.87. The monoisotopic (exact) mass is 300 g/mol. The fraction of sp³-hybridized carbons (Fsp3) is 0.235. The Balaban J connectivity index is 2.45. The van der Waals surface area contributed by atoms with Crippen molar-refractivity contribution in [3.05, 3.63) is 47.0 Å². The highest BCUT2D eigenvalue weighted by Gasteiger charge is 2.19. The number of nitrogens with one attached hydrogen (secondary N) is 1. The smallest absolute Gasteiger partial charge is 0.263 e. The standard InChI is InChI=1S/C17H20N2O3/c1-10-8-9-12(18)11(2)16(10)19-17(20)15-13(21-3)6-5-7-14(15)22-4/h5-9H,18H2,1-4H3,(H,19,20). The van der Waals surface area contributed by atoms with Crippen molar-refractivity contribution in [2.75, 3.05) is 25.3 Å². The van der Waals surface area contributed by atoms with Crippen LogP contribution in [0.1, 0.15) is 21.5 Å². The summed E-state index contributed by atoms with van der Waals surface area (Å²) in [6.45, 7) is 3.79. The van der Waals surface area contributed by atoms with E-state index in [2.05, 4.69) is 5.32 Å². The molecule has 22 heavy (non-hydrogen) atoms. The quantitative estimate of drug-likeness (QED) is 0.851. The van der Waals surface area contributed by atoms with Crippen LogP contribution in [0, 0.1) is 13.8 Å². The van der Waals surface area contributed by atoms with E-state index in [1.165, 1.54) is 14.2 Å². The molecule has 1 amide bonds. The molecule has 0 heterocycles. The van der Waals surface area contributed by atoms with Crippen molar-refractivity contribution in [2.45, 2.75) is 13.8 Å². The van der Waals surface area contributed by atoms with Gasteiger partial charge in [0.25, 0.3) is 5.91 Å². The maximum atomic E-state index is 12.7. The number of carbonyl (C=O) groups is 1. The summed E-state index contributed by atoms with van der Waals surface area (Å²) >= 11 is 0. The highest BCUT2D eigenvalue weighted by atomic mass is 16.5. The third-order valence-corrected chi connectivity index (χ3v) is 3.61. The number of hydrogen-bond donors (Lipinski definition) is 2. The Kier molecular flexibility index (Phi) is 4.56. The summed E-state index contributed by atoms with van der Waals surface area (Å²) in [7, 11) is 3.03. The first-order chi connectivity index (χ1) is 10.5. The van der Waals surface area contributed by atoms with E-state index in [9.17, 15) is 4.79 Å². The molecule has 5 nitrogen and oxygen atoms in total. The minimum Gasteiger partial charge on any atom is -0.496 e. The largest absolute Gasteiger partial charge is 0.496 e. The molecule has 5 heteroatoms. The minimum absolute atomic E-state index is 0.300. The van der Waals surface area contributed by atoms with Gasteiger partial charge in [0.1, 0.15) is 17.1 Å². The lowest BCUT2D eigenvalue weighted by atomic mass is 10.1. The molecule has 0 unspecified atom stereocenters. The zero-order valence-corrected chi connectivity index (χ0v) is 13.2. The van der Waals surface area contributed by atoms with Crippen molar-refractivity contribution < 1.29 is 14.3 Å². The number of rotatable bonds is 4. The summed E-state index contributed by atoms with van der Waals surface area (Å²) in [4.78, 5) is 12.7. The van der Waals surface area contributed by atoms with E-state index >= 15 is 0 Å². The normalized spacial score (nSPS) is 10.2. The molecule has 0 fully saturated rings. The van der Waals surface area contributed by atoms with E-state index in [4.69, 9.17) is 15.2 Å². The molecular formula is C17H20N2O3. The molecule has 0 bridgehead atoms. The van der Waals surface area contributed by atoms with Gasteiger partial charge in [0.2, 0.25) is 0 Å².